The normalized spacial score (nSPS) is 14.6. The molecule has 1 aromatic heterocycles. The van der Waals surface area contributed by atoms with Gasteiger partial charge in [0.1, 0.15) is 12.7 Å². The highest BCUT2D eigenvalue weighted by atomic mass is 32.2. The van der Waals surface area contributed by atoms with Crippen molar-refractivity contribution in [2.24, 2.45) is 5.92 Å². The fraction of sp³-hybridized carbons (Fsp3) is 0.769. The molecule has 1 atom stereocenters. The van der Waals surface area contributed by atoms with Gasteiger partial charge in [-0.3, -0.25) is 8.86 Å². The average Bonchev–Trinajstić information content (AvgIpc) is 2.70. The molecule has 0 radical (unpaired) electrons. The van der Waals surface area contributed by atoms with Crippen LogP contribution in [0.2, 0.25) is 0 Å². The summed E-state index contributed by atoms with van der Waals surface area (Å²) >= 11 is 0. The first-order chi connectivity index (χ1) is 8.99. The molecule has 1 unspecified atom stereocenters. The lowest BCUT2D eigenvalue weighted by molar-refractivity contribution is 0.0886. The molecule has 0 saturated carbocycles. The van der Waals surface area contributed by atoms with Gasteiger partial charge in [-0.25, -0.2) is 0 Å². The van der Waals surface area contributed by atoms with Gasteiger partial charge in [-0.15, -0.1) is 5.10 Å². The van der Waals surface area contributed by atoms with E-state index in [1.165, 1.54) is 0 Å². The van der Waals surface area contributed by atoms with Crippen molar-refractivity contribution in [2.45, 2.75) is 46.3 Å². The summed E-state index contributed by atoms with van der Waals surface area (Å²) in [7, 11) is -3.47. The third kappa shape index (κ3) is 5.50. The standard InChI is InChI=1S/C13H24N2O4S/c1-10(2)11(9-18-20(6,16)17)19-12-7-8-15(14-12)13(3,4)5/h7-8,10-11H,9H2,1-6H3. The molecule has 1 rings (SSSR count). The van der Waals surface area contributed by atoms with Crippen LogP contribution in [0.25, 0.3) is 0 Å². The summed E-state index contributed by atoms with van der Waals surface area (Å²) in [4.78, 5) is 0. The number of rotatable bonds is 6. The van der Waals surface area contributed by atoms with E-state index in [4.69, 9.17) is 8.92 Å². The Balaban J connectivity index is 2.73. The van der Waals surface area contributed by atoms with Gasteiger partial charge in [-0.2, -0.15) is 8.42 Å². The molecule has 0 aliphatic heterocycles. The highest BCUT2D eigenvalue weighted by Crippen LogP contribution is 2.19. The summed E-state index contributed by atoms with van der Waals surface area (Å²) < 4.78 is 34.4. The smallest absolute Gasteiger partial charge is 0.264 e. The Kier molecular flexibility index (Phi) is 5.21. The Morgan fingerprint density at radius 3 is 2.35 bits per heavy atom. The Bertz CT molecular complexity index is 529. The zero-order chi connectivity index (χ0) is 15.6. The molecule has 0 saturated heterocycles. The average molecular weight is 304 g/mol. The van der Waals surface area contributed by atoms with Crippen LogP contribution in [0.3, 0.4) is 0 Å². The minimum absolute atomic E-state index is 0.0150. The van der Waals surface area contributed by atoms with E-state index in [1.807, 2.05) is 40.8 Å². The van der Waals surface area contributed by atoms with Crippen LogP contribution in [0.1, 0.15) is 34.6 Å². The van der Waals surface area contributed by atoms with Gasteiger partial charge in [0.25, 0.3) is 10.1 Å². The SMILES string of the molecule is CC(C)C(COS(C)(=O)=O)Oc1ccn(C(C)(C)C)n1. The molecule has 1 aromatic rings. The van der Waals surface area contributed by atoms with Gasteiger partial charge >= 0.3 is 0 Å². The van der Waals surface area contributed by atoms with Crippen molar-refractivity contribution in [1.29, 1.82) is 0 Å². The number of aromatic nitrogens is 2. The number of hydrogen-bond acceptors (Lipinski definition) is 5. The van der Waals surface area contributed by atoms with Crippen LogP contribution in [0.4, 0.5) is 0 Å². The molecular formula is C13H24N2O4S. The van der Waals surface area contributed by atoms with E-state index < -0.39 is 10.1 Å². The third-order valence-corrected chi connectivity index (χ3v) is 3.28. The number of nitrogens with zero attached hydrogens (tertiary/aromatic N) is 2. The summed E-state index contributed by atoms with van der Waals surface area (Å²) in [5, 5.41) is 4.34. The maximum atomic E-state index is 11.0. The van der Waals surface area contributed by atoms with E-state index in [2.05, 4.69) is 5.10 Å². The first kappa shape index (κ1) is 17.0. The molecule has 0 fully saturated rings. The van der Waals surface area contributed by atoms with E-state index in [1.54, 1.807) is 10.7 Å². The van der Waals surface area contributed by atoms with Crippen molar-refractivity contribution >= 4 is 10.1 Å². The quantitative estimate of drug-likeness (QED) is 0.752. The van der Waals surface area contributed by atoms with E-state index in [-0.39, 0.29) is 24.2 Å². The molecule has 6 nitrogen and oxygen atoms in total. The topological polar surface area (TPSA) is 70.4 Å². The fourth-order valence-corrected chi connectivity index (χ4v) is 1.83. The minimum Gasteiger partial charge on any atom is -0.471 e. The highest BCUT2D eigenvalue weighted by molar-refractivity contribution is 7.85. The highest BCUT2D eigenvalue weighted by Gasteiger charge is 2.21. The van der Waals surface area contributed by atoms with Crippen molar-refractivity contribution < 1.29 is 17.3 Å². The van der Waals surface area contributed by atoms with Gasteiger partial charge in [-0.05, 0) is 26.7 Å². The van der Waals surface area contributed by atoms with Crippen LogP contribution in [-0.4, -0.2) is 37.2 Å². The van der Waals surface area contributed by atoms with Gasteiger partial charge in [0.15, 0.2) is 0 Å². The van der Waals surface area contributed by atoms with E-state index in [0.29, 0.717) is 5.88 Å². The molecule has 116 valence electrons. The first-order valence-electron chi connectivity index (χ1n) is 6.56. The van der Waals surface area contributed by atoms with Crippen LogP contribution < -0.4 is 4.74 Å². The monoisotopic (exact) mass is 304 g/mol. The van der Waals surface area contributed by atoms with Crippen LogP contribution in [0.5, 0.6) is 5.88 Å². The molecule has 0 aliphatic rings. The second kappa shape index (κ2) is 6.13. The third-order valence-electron chi connectivity index (χ3n) is 2.71. The summed E-state index contributed by atoms with van der Waals surface area (Å²) in [6.07, 6.45) is 2.50. The van der Waals surface area contributed by atoms with Crippen LogP contribution in [0.15, 0.2) is 12.3 Å². The molecule has 0 aliphatic carbocycles. The molecule has 20 heavy (non-hydrogen) atoms. The Morgan fingerprint density at radius 1 is 1.35 bits per heavy atom. The first-order valence-corrected chi connectivity index (χ1v) is 8.38. The predicted octanol–water partition coefficient (Wildman–Crippen LogP) is 2.02. The lowest BCUT2D eigenvalue weighted by atomic mass is 10.1. The second-order valence-electron chi connectivity index (χ2n) is 6.16. The van der Waals surface area contributed by atoms with Gasteiger partial charge in [0.05, 0.1) is 11.8 Å². The molecule has 0 amide bonds. The van der Waals surface area contributed by atoms with Crippen molar-refractivity contribution in [3.63, 3.8) is 0 Å². The Hall–Kier alpha value is -1.08. The maximum Gasteiger partial charge on any atom is 0.264 e. The minimum atomic E-state index is -3.47. The summed E-state index contributed by atoms with van der Waals surface area (Å²) in [5.41, 5.74) is -0.127. The molecule has 0 N–H and O–H groups in total. The zero-order valence-corrected chi connectivity index (χ0v) is 13.8. The molecule has 0 bridgehead atoms. The lowest BCUT2D eigenvalue weighted by Gasteiger charge is -2.21. The summed E-state index contributed by atoms with van der Waals surface area (Å²) in [6, 6.07) is 1.76. The van der Waals surface area contributed by atoms with Crippen LogP contribution in [0, 0.1) is 5.92 Å². The van der Waals surface area contributed by atoms with Crippen molar-refractivity contribution in [2.75, 3.05) is 12.9 Å². The van der Waals surface area contributed by atoms with Gasteiger partial charge in [0, 0.05) is 12.3 Å². The lowest BCUT2D eigenvalue weighted by Crippen LogP contribution is -2.30. The molecule has 1 heterocycles. The fourth-order valence-electron chi connectivity index (χ4n) is 1.45. The van der Waals surface area contributed by atoms with Crippen molar-refractivity contribution in [1.82, 2.24) is 9.78 Å². The van der Waals surface area contributed by atoms with Gasteiger partial charge in [-0.1, -0.05) is 13.8 Å². The van der Waals surface area contributed by atoms with Crippen molar-refractivity contribution in [3.05, 3.63) is 12.3 Å². The Labute approximate surface area is 121 Å². The Morgan fingerprint density at radius 2 is 1.95 bits per heavy atom. The predicted molar refractivity (Wildman–Crippen MR) is 77.3 cm³/mol. The van der Waals surface area contributed by atoms with Gasteiger partial charge in [0.2, 0.25) is 5.88 Å². The summed E-state index contributed by atoms with van der Waals surface area (Å²) in [6.45, 7) is 9.98. The largest absolute Gasteiger partial charge is 0.471 e. The molecule has 7 heteroatoms. The van der Waals surface area contributed by atoms with Crippen molar-refractivity contribution in [3.8, 4) is 5.88 Å². The number of hydrogen-bond donors (Lipinski definition) is 0. The van der Waals surface area contributed by atoms with Crippen LogP contribution in [-0.2, 0) is 19.8 Å². The van der Waals surface area contributed by atoms with Crippen LogP contribution >= 0.6 is 0 Å². The maximum absolute atomic E-state index is 11.0. The van der Waals surface area contributed by atoms with E-state index in [0.717, 1.165) is 6.26 Å². The zero-order valence-electron chi connectivity index (χ0n) is 13.0. The molecule has 0 spiro atoms. The van der Waals surface area contributed by atoms with E-state index in [9.17, 15) is 8.42 Å². The second-order valence-corrected chi connectivity index (χ2v) is 7.80. The van der Waals surface area contributed by atoms with Gasteiger partial charge < -0.3 is 4.74 Å². The van der Waals surface area contributed by atoms with E-state index >= 15 is 0 Å². The molecule has 0 aromatic carbocycles. The summed E-state index contributed by atoms with van der Waals surface area (Å²) in [5.74, 6) is 0.576. The number of ether oxygens (including phenoxy) is 1. The molecular weight excluding hydrogens is 280 g/mol.